The van der Waals surface area contributed by atoms with Gasteiger partial charge in [0.25, 0.3) is 5.91 Å². The molecule has 0 unspecified atom stereocenters. The van der Waals surface area contributed by atoms with Crippen LogP contribution in [0.25, 0.3) is 10.5 Å². The van der Waals surface area contributed by atoms with Crippen LogP contribution in [0.3, 0.4) is 0 Å². The van der Waals surface area contributed by atoms with Crippen molar-refractivity contribution < 1.29 is 13.9 Å². The summed E-state index contributed by atoms with van der Waals surface area (Å²) in [4.78, 5) is 20.3. The van der Waals surface area contributed by atoms with Crippen LogP contribution in [0.5, 0.6) is 5.75 Å². The lowest BCUT2D eigenvalue weighted by atomic mass is 10.1. The number of carbonyl (C=O) groups is 1. The summed E-state index contributed by atoms with van der Waals surface area (Å²) < 4.78 is 21.4. The number of benzene rings is 1. The van der Waals surface area contributed by atoms with Crippen molar-refractivity contribution in [3.05, 3.63) is 52.8 Å². The average molecular weight is 381 g/mol. The van der Waals surface area contributed by atoms with Crippen LogP contribution in [0.15, 0.2) is 24.4 Å². The Morgan fingerprint density at radius 3 is 3.00 bits per heavy atom. The maximum atomic E-state index is 14.1. The third kappa shape index (κ3) is 2.92. The van der Waals surface area contributed by atoms with Crippen LogP contribution in [0.2, 0.25) is 0 Å². The third-order valence-electron chi connectivity index (χ3n) is 4.37. The molecule has 2 bridgehead atoms. The zero-order valence-corrected chi connectivity index (χ0v) is 14.9. The summed E-state index contributed by atoms with van der Waals surface area (Å²) >= 11 is 0. The first-order valence-corrected chi connectivity index (χ1v) is 8.50. The molecule has 9 nitrogen and oxygen atoms in total. The number of nitrogen functional groups attached to an aromatic ring is 1. The zero-order chi connectivity index (χ0) is 19.8. The van der Waals surface area contributed by atoms with E-state index in [9.17, 15) is 9.18 Å². The van der Waals surface area contributed by atoms with Gasteiger partial charge in [-0.3, -0.25) is 4.79 Å². The van der Waals surface area contributed by atoms with Crippen LogP contribution in [0, 0.1) is 12.4 Å². The Morgan fingerprint density at radius 1 is 1.39 bits per heavy atom. The van der Waals surface area contributed by atoms with E-state index in [1.807, 2.05) is 0 Å². The van der Waals surface area contributed by atoms with Crippen molar-refractivity contribution in [2.45, 2.75) is 19.6 Å². The van der Waals surface area contributed by atoms with E-state index < -0.39 is 17.8 Å². The summed E-state index contributed by atoms with van der Waals surface area (Å²) in [6.45, 7) is 9.36. The zero-order valence-electron chi connectivity index (χ0n) is 14.9. The number of aromatic nitrogens is 3. The molecule has 3 heterocycles. The largest absolute Gasteiger partial charge is 0.490 e. The molecule has 28 heavy (non-hydrogen) atoms. The second-order valence-corrected chi connectivity index (χ2v) is 6.32. The topological polar surface area (TPSA) is 111 Å². The normalized spacial score (nSPS) is 16.6. The number of nitrogens with one attached hydrogen (secondary N) is 2. The lowest BCUT2D eigenvalue weighted by molar-refractivity contribution is 0.0934. The smallest absolute Gasteiger partial charge is 0.259 e. The average Bonchev–Trinajstić information content (AvgIpc) is 3.00. The van der Waals surface area contributed by atoms with Gasteiger partial charge in [-0.05, 0) is 25.1 Å². The van der Waals surface area contributed by atoms with Crippen molar-refractivity contribution in [1.82, 2.24) is 19.9 Å². The van der Waals surface area contributed by atoms with Crippen LogP contribution < -0.4 is 21.1 Å². The van der Waals surface area contributed by atoms with Gasteiger partial charge < -0.3 is 21.1 Å². The molecule has 3 aromatic rings. The maximum Gasteiger partial charge on any atom is 0.259 e. The number of rotatable bonds is 0. The summed E-state index contributed by atoms with van der Waals surface area (Å²) in [6, 6.07) is 4.31. The summed E-state index contributed by atoms with van der Waals surface area (Å²) in [7, 11) is 0. The first kappa shape index (κ1) is 17.5. The molecule has 1 aliphatic rings. The molecule has 0 spiro atoms. The van der Waals surface area contributed by atoms with Crippen LogP contribution in [-0.4, -0.2) is 33.2 Å². The number of nitrogens with zero attached hydrogens (tertiary/aromatic N) is 4. The number of amides is 1. The maximum absolute atomic E-state index is 14.1. The lowest BCUT2D eigenvalue weighted by Crippen LogP contribution is -2.34. The summed E-state index contributed by atoms with van der Waals surface area (Å²) in [5.74, 6) is -0.206. The second kappa shape index (κ2) is 6.70. The minimum atomic E-state index is -0.626. The molecule has 10 heteroatoms. The van der Waals surface area contributed by atoms with Crippen LogP contribution in [-0.2, 0) is 6.54 Å². The molecule has 2 aromatic heterocycles. The fraction of sp³-hybridized carbons (Fsp3) is 0.222. The van der Waals surface area contributed by atoms with Gasteiger partial charge in [0.1, 0.15) is 29.1 Å². The molecule has 0 fully saturated rings. The van der Waals surface area contributed by atoms with Gasteiger partial charge in [0.15, 0.2) is 11.5 Å². The highest BCUT2D eigenvalue weighted by molar-refractivity contribution is 6.04. The van der Waals surface area contributed by atoms with Crippen molar-refractivity contribution in [1.29, 1.82) is 0 Å². The Kier molecular flexibility index (Phi) is 4.19. The number of hydrogen-bond acceptors (Lipinski definition) is 6. The molecule has 142 valence electrons. The van der Waals surface area contributed by atoms with Crippen molar-refractivity contribution in [2.24, 2.45) is 0 Å². The number of nitrogens with two attached hydrogens (primary N) is 1. The number of anilines is 2. The van der Waals surface area contributed by atoms with Gasteiger partial charge in [-0.25, -0.2) is 18.7 Å². The molecule has 0 saturated carbocycles. The quantitative estimate of drug-likeness (QED) is 0.515. The Balaban J connectivity index is 1.84. The fourth-order valence-corrected chi connectivity index (χ4v) is 3.02. The molecule has 0 aliphatic carbocycles. The van der Waals surface area contributed by atoms with Gasteiger partial charge in [0.05, 0.1) is 13.1 Å². The van der Waals surface area contributed by atoms with Gasteiger partial charge in [0.2, 0.25) is 5.69 Å². The van der Waals surface area contributed by atoms with E-state index in [1.54, 1.807) is 19.2 Å². The van der Waals surface area contributed by atoms with Crippen molar-refractivity contribution in [2.75, 3.05) is 17.6 Å². The molecule has 1 amide bonds. The van der Waals surface area contributed by atoms with Crippen LogP contribution >= 0.6 is 0 Å². The molecular weight excluding hydrogens is 365 g/mol. The predicted octanol–water partition coefficient (Wildman–Crippen LogP) is 2.12. The van der Waals surface area contributed by atoms with Crippen molar-refractivity contribution in [3.8, 4) is 5.75 Å². The third-order valence-corrected chi connectivity index (χ3v) is 4.37. The van der Waals surface area contributed by atoms with E-state index in [0.29, 0.717) is 17.1 Å². The molecule has 4 N–H and O–H groups in total. The Labute approximate surface area is 159 Å². The van der Waals surface area contributed by atoms with E-state index in [0.717, 1.165) is 0 Å². The number of carbonyl (C=O) groups excluding carboxylic acids is 1. The number of hydrogen-bond donors (Lipinski definition) is 3. The number of halogens is 1. The summed E-state index contributed by atoms with van der Waals surface area (Å²) in [6.07, 6.45) is 1.18. The molecule has 0 radical (unpaired) electrons. The van der Waals surface area contributed by atoms with Crippen molar-refractivity contribution in [3.63, 3.8) is 0 Å². The molecule has 4 rings (SSSR count). The minimum Gasteiger partial charge on any atom is -0.490 e. The van der Waals surface area contributed by atoms with E-state index in [4.69, 9.17) is 17.0 Å². The first-order chi connectivity index (χ1) is 13.5. The van der Waals surface area contributed by atoms with Crippen LogP contribution in [0.4, 0.5) is 21.7 Å². The fourth-order valence-electron chi connectivity index (χ4n) is 3.02. The summed E-state index contributed by atoms with van der Waals surface area (Å²) in [5, 5.41) is 9.89. The Hall–Kier alpha value is -3.87. The van der Waals surface area contributed by atoms with E-state index >= 15 is 0 Å². The first-order valence-electron chi connectivity index (χ1n) is 8.50. The van der Waals surface area contributed by atoms with E-state index in [-0.39, 0.29) is 35.8 Å². The Morgan fingerprint density at radius 2 is 2.21 bits per heavy atom. The highest BCUT2D eigenvalue weighted by Gasteiger charge is 2.22. The van der Waals surface area contributed by atoms with E-state index in [1.165, 1.54) is 16.6 Å². The SMILES string of the molecule is [C-]#[N+]c1c(F)ccc2c1CNc1ccn3nc(N)c(c3n1)C(=O)NC[C@H](C)O2. The van der Waals surface area contributed by atoms with Crippen molar-refractivity contribution >= 4 is 28.9 Å². The van der Waals surface area contributed by atoms with Gasteiger partial charge in [-0.15, -0.1) is 5.10 Å². The highest BCUT2D eigenvalue weighted by atomic mass is 19.1. The highest BCUT2D eigenvalue weighted by Crippen LogP contribution is 2.33. The number of ether oxygens (including phenoxy) is 1. The van der Waals surface area contributed by atoms with Gasteiger partial charge >= 0.3 is 0 Å². The Bertz CT molecular complexity index is 1140. The monoisotopic (exact) mass is 381 g/mol. The van der Waals surface area contributed by atoms with E-state index in [2.05, 4.69) is 25.6 Å². The molecule has 1 atom stereocenters. The van der Waals surface area contributed by atoms with Gasteiger partial charge in [-0.1, -0.05) is 0 Å². The summed E-state index contributed by atoms with van der Waals surface area (Å²) in [5.41, 5.74) is 6.61. The molecule has 1 aliphatic heterocycles. The van der Waals surface area contributed by atoms with Gasteiger partial charge in [0, 0.05) is 18.3 Å². The molecular formula is C18H16FN7O2. The molecule has 1 aromatic carbocycles. The second-order valence-electron chi connectivity index (χ2n) is 6.32. The number of fused-ring (bicyclic) bond motifs is 2. The standard InChI is InChI=1S/C18H16FN7O2/c1-9-7-23-18(27)14-16(20)25-26-6-5-13(24-17(14)26)22-8-10-12(28-9)4-3-11(19)15(10)21-2/h3-6,9H,7-8H2,1H3,(H2,20,25)(H,22,24)(H,23,27)/t9-/m0/s1. The lowest BCUT2D eigenvalue weighted by Gasteiger charge is -2.19. The van der Waals surface area contributed by atoms with Gasteiger partial charge in [-0.2, -0.15) is 0 Å². The minimum absolute atomic E-state index is 0.0613. The molecule has 0 saturated heterocycles. The van der Waals surface area contributed by atoms with Crippen LogP contribution in [0.1, 0.15) is 22.8 Å². The predicted molar refractivity (Wildman–Crippen MR) is 99.8 cm³/mol.